The normalized spacial score (nSPS) is 9.07. The molecule has 0 amide bonds. The van der Waals surface area contributed by atoms with Crippen molar-refractivity contribution >= 4 is 30.8 Å². The molecule has 4 N–H and O–H groups in total. The molecule has 0 aliphatic carbocycles. The average Bonchev–Trinajstić information content (AvgIpc) is 2.08. The van der Waals surface area contributed by atoms with Gasteiger partial charge in [0, 0.05) is 0 Å². The van der Waals surface area contributed by atoms with Crippen LogP contribution in [0.25, 0.3) is 0 Å². The quantitative estimate of drug-likeness (QED) is 0.395. The maximum atomic E-state index is 10.4. The zero-order valence-corrected chi connectivity index (χ0v) is 6.76. The SMILES string of the molecule is O=C(O)c1ccc(C(=O)O)c(O)c1O.[LiH]. The Bertz CT molecular complexity index is 375. The second-order valence-electron chi connectivity index (χ2n) is 2.47. The monoisotopic (exact) mass is 206 g/mol. The van der Waals surface area contributed by atoms with Gasteiger partial charge in [-0.3, -0.25) is 0 Å². The molecule has 0 atom stereocenters. The van der Waals surface area contributed by atoms with Gasteiger partial charge in [0.1, 0.15) is 11.1 Å². The molecule has 7 heteroatoms. The first-order chi connectivity index (χ1) is 6.45. The molecular weight excluding hydrogens is 199 g/mol. The molecule has 0 saturated heterocycles. The van der Waals surface area contributed by atoms with Crippen LogP contribution < -0.4 is 0 Å². The summed E-state index contributed by atoms with van der Waals surface area (Å²) < 4.78 is 0. The summed E-state index contributed by atoms with van der Waals surface area (Å²) in [6, 6.07) is 1.81. The Morgan fingerprint density at radius 1 is 0.867 bits per heavy atom. The van der Waals surface area contributed by atoms with Crippen molar-refractivity contribution in [3.8, 4) is 11.5 Å². The second kappa shape index (κ2) is 4.73. The molecular formula is C8H7LiO6. The van der Waals surface area contributed by atoms with E-state index in [1.54, 1.807) is 0 Å². The molecule has 0 bridgehead atoms. The molecule has 0 aromatic heterocycles. The van der Waals surface area contributed by atoms with Gasteiger partial charge >= 0.3 is 30.8 Å². The minimum absolute atomic E-state index is 0. The van der Waals surface area contributed by atoms with E-state index in [9.17, 15) is 9.59 Å². The van der Waals surface area contributed by atoms with Gasteiger partial charge in [-0.25, -0.2) is 9.59 Å². The number of carbonyl (C=O) groups is 2. The number of hydrogen-bond acceptors (Lipinski definition) is 4. The van der Waals surface area contributed by atoms with Crippen molar-refractivity contribution in [3.05, 3.63) is 23.3 Å². The number of aromatic carboxylic acids is 2. The van der Waals surface area contributed by atoms with Crippen molar-refractivity contribution in [1.29, 1.82) is 0 Å². The second-order valence-corrected chi connectivity index (χ2v) is 2.47. The van der Waals surface area contributed by atoms with E-state index in [0.717, 1.165) is 12.1 Å². The van der Waals surface area contributed by atoms with Gasteiger partial charge in [0.2, 0.25) is 0 Å². The summed E-state index contributed by atoms with van der Waals surface area (Å²) in [5.41, 5.74) is -1.10. The van der Waals surface area contributed by atoms with E-state index < -0.39 is 34.6 Å². The summed E-state index contributed by atoms with van der Waals surface area (Å²) >= 11 is 0. The fraction of sp³-hybridized carbons (Fsp3) is 0. The van der Waals surface area contributed by atoms with E-state index in [0.29, 0.717) is 0 Å². The zero-order chi connectivity index (χ0) is 10.9. The van der Waals surface area contributed by atoms with Crippen LogP contribution >= 0.6 is 0 Å². The topological polar surface area (TPSA) is 115 Å². The van der Waals surface area contributed by atoms with E-state index in [1.165, 1.54) is 0 Å². The van der Waals surface area contributed by atoms with Crippen molar-refractivity contribution in [2.75, 3.05) is 0 Å². The van der Waals surface area contributed by atoms with Crippen LogP contribution in [0.15, 0.2) is 12.1 Å². The summed E-state index contributed by atoms with van der Waals surface area (Å²) in [7, 11) is 0. The van der Waals surface area contributed by atoms with E-state index >= 15 is 0 Å². The van der Waals surface area contributed by atoms with Crippen LogP contribution in [0.4, 0.5) is 0 Å². The molecule has 76 valence electrons. The zero-order valence-electron chi connectivity index (χ0n) is 6.76. The molecule has 1 aromatic rings. The first-order valence-corrected chi connectivity index (χ1v) is 3.46. The Labute approximate surface area is 96.0 Å². The Morgan fingerprint density at radius 3 is 1.33 bits per heavy atom. The van der Waals surface area contributed by atoms with Crippen molar-refractivity contribution in [3.63, 3.8) is 0 Å². The molecule has 0 radical (unpaired) electrons. The van der Waals surface area contributed by atoms with Crippen LogP contribution in [-0.2, 0) is 0 Å². The summed E-state index contributed by atoms with van der Waals surface area (Å²) in [6.07, 6.45) is 0. The number of carboxylic acids is 2. The molecule has 0 spiro atoms. The Kier molecular flexibility index (Phi) is 4.21. The van der Waals surface area contributed by atoms with Gasteiger partial charge in [-0.05, 0) is 12.1 Å². The predicted octanol–water partition coefficient (Wildman–Crippen LogP) is -0.154. The van der Waals surface area contributed by atoms with Crippen LogP contribution in [-0.4, -0.2) is 51.2 Å². The van der Waals surface area contributed by atoms with Crippen molar-refractivity contribution < 1.29 is 30.0 Å². The summed E-state index contributed by atoms with van der Waals surface area (Å²) in [6.45, 7) is 0. The first kappa shape index (κ1) is 13.4. The number of aromatic hydroxyl groups is 2. The standard InChI is InChI=1S/C8H6O6.Li.H/c9-5-3(7(11)12)1-2-4(6(5)10)8(13)14;;/h1-2,9-10H,(H,11,12)(H,13,14);;. The van der Waals surface area contributed by atoms with Gasteiger partial charge in [-0.15, -0.1) is 0 Å². The summed E-state index contributed by atoms with van der Waals surface area (Å²) in [4.78, 5) is 20.9. The van der Waals surface area contributed by atoms with E-state index in [-0.39, 0.29) is 18.9 Å². The fourth-order valence-corrected chi connectivity index (χ4v) is 0.925. The third-order valence-corrected chi connectivity index (χ3v) is 1.61. The molecule has 0 aliphatic heterocycles. The van der Waals surface area contributed by atoms with Crippen molar-refractivity contribution in [2.24, 2.45) is 0 Å². The molecule has 0 saturated carbocycles. The van der Waals surface area contributed by atoms with E-state index in [4.69, 9.17) is 20.4 Å². The number of rotatable bonds is 2. The Morgan fingerprint density at radius 2 is 1.13 bits per heavy atom. The van der Waals surface area contributed by atoms with Crippen molar-refractivity contribution in [1.82, 2.24) is 0 Å². The molecule has 0 fully saturated rings. The number of phenols is 2. The van der Waals surface area contributed by atoms with Gasteiger partial charge in [0.25, 0.3) is 0 Å². The Hall–Kier alpha value is -1.64. The number of carboxylic acid groups (broad SMARTS) is 2. The average molecular weight is 206 g/mol. The van der Waals surface area contributed by atoms with E-state index in [2.05, 4.69) is 0 Å². The van der Waals surface area contributed by atoms with Gasteiger partial charge < -0.3 is 20.4 Å². The van der Waals surface area contributed by atoms with Crippen LogP contribution in [0, 0.1) is 0 Å². The molecule has 1 aromatic carbocycles. The first-order valence-electron chi connectivity index (χ1n) is 3.46. The fourth-order valence-electron chi connectivity index (χ4n) is 0.925. The number of hydrogen-bond donors (Lipinski definition) is 4. The summed E-state index contributed by atoms with van der Waals surface area (Å²) in [5.74, 6) is -4.79. The predicted molar refractivity (Wildman–Crippen MR) is 50.8 cm³/mol. The van der Waals surface area contributed by atoms with Crippen LogP contribution in [0.3, 0.4) is 0 Å². The van der Waals surface area contributed by atoms with Gasteiger partial charge in [0.05, 0.1) is 0 Å². The van der Waals surface area contributed by atoms with Gasteiger partial charge in [0.15, 0.2) is 11.5 Å². The molecule has 1 rings (SSSR count). The molecule has 0 aliphatic rings. The van der Waals surface area contributed by atoms with Crippen molar-refractivity contribution in [2.45, 2.75) is 0 Å². The maximum absolute atomic E-state index is 10.4. The third kappa shape index (κ3) is 2.43. The van der Waals surface area contributed by atoms with Gasteiger partial charge in [-0.2, -0.15) is 0 Å². The molecule has 15 heavy (non-hydrogen) atoms. The van der Waals surface area contributed by atoms with Crippen LogP contribution in [0.2, 0.25) is 0 Å². The molecule has 0 unspecified atom stereocenters. The van der Waals surface area contributed by atoms with Crippen LogP contribution in [0.1, 0.15) is 20.7 Å². The minimum atomic E-state index is -1.45. The van der Waals surface area contributed by atoms with Gasteiger partial charge in [-0.1, -0.05) is 0 Å². The third-order valence-electron chi connectivity index (χ3n) is 1.61. The Balaban J connectivity index is 0.00000196. The number of benzene rings is 1. The summed E-state index contributed by atoms with van der Waals surface area (Å²) in [5, 5.41) is 35.2. The molecule has 6 nitrogen and oxygen atoms in total. The van der Waals surface area contributed by atoms with E-state index in [1.807, 2.05) is 0 Å². The van der Waals surface area contributed by atoms with Crippen LogP contribution in [0.5, 0.6) is 11.5 Å². The molecule has 0 heterocycles.